The second-order valence-electron chi connectivity index (χ2n) is 13.2. The van der Waals surface area contributed by atoms with Gasteiger partial charge in [0.1, 0.15) is 34.0 Å². The molecule has 15 heteroatoms. The van der Waals surface area contributed by atoms with Crippen LogP contribution >= 0.6 is 0 Å². The summed E-state index contributed by atoms with van der Waals surface area (Å²) in [6.45, 7) is 5.67. The smallest absolute Gasteiger partial charge is 0.308 e. The molecule has 1 saturated carbocycles. The van der Waals surface area contributed by atoms with Gasteiger partial charge in [0.2, 0.25) is 0 Å². The fourth-order valence-corrected chi connectivity index (χ4v) is 6.46. The number of carbonyl (C=O) groups excluding carboxylic acids is 1. The molecule has 0 spiro atoms. The van der Waals surface area contributed by atoms with E-state index in [0.717, 1.165) is 80.0 Å². The minimum Gasteiger partial charge on any atom is -0.494 e. The number of imidazole rings is 1. The van der Waals surface area contributed by atoms with E-state index in [1.165, 1.54) is 11.1 Å². The molecule has 2 bridgehead atoms. The molecule has 0 amide bonds. The van der Waals surface area contributed by atoms with E-state index in [1.807, 2.05) is 26.0 Å². The number of H-pyrrole nitrogens is 1. The Balaban J connectivity index is 0.000000595. The van der Waals surface area contributed by atoms with Crippen molar-refractivity contribution in [3.05, 3.63) is 59.9 Å². The molecule has 278 valence electrons. The molecule has 3 aliphatic rings. The molecule has 0 saturated heterocycles. The number of hydrogen-bond donors (Lipinski definition) is 3. The maximum absolute atomic E-state index is 12.9. The molecule has 6 rings (SSSR count). The Morgan fingerprint density at radius 3 is 2.12 bits per heavy atom. The second-order valence-corrected chi connectivity index (χ2v) is 16.1. The number of fused-ring (bicyclic) bond motifs is 3. The highest BCUT2D eigenvalue weighted by Gasteiger charge is 2.50. The topological polar surface area (TPSA) is 185 Å². The van der Waals surface area contributed by atoms with Gasteiger partial charge >= 0.3 is 5.97 Å². The Hall–Kier alpha value is -3.50. The van der Waals surface area contributed by atoms with Gasteiger partial charge in [0.25, 0.3) is 20.2 Å². The molecule has 1 aromatic heterocycles. The molecule has 0 radical (unpaired) electrons. The molecular formula is C35H51N3O10S2. The maximum atomic E-state index is 12.9. The third kappa shape index (κ3) is 12.4. The summed E-state index contributed by atoms with van der Waals surface area (Å²) < 4.78 is 69.1. The van der Waals surface area contributed by atoms with Gasteiger partial charge in [-0.05, 0) is 68.5 Å². The predicted octanol–water partition coefficient (Wildman–Crippen LogP) is 5.29. The van der Waals surface area contributed by atoms with Crippen LogP contribution in [-0.2, 0) is 36.2 Å². The lowest BCUT2D eigenvalue weighted by Crippen LogP contribution is -2.51. The average Bonchev–Trinajstić information content (AvgIpc) is 3.46. The molecule has 13 nitrogen and oxygen atoms in total. The highest BCUT2D eigenvalue weighted by Crippen LogP contribution is 2.53. The summed E-state index contributed by atoms with van der Waals surface area (Å²) >= 11 is 0. The van der Waals surface area contributed by atoms with E-state index in [1.54, 1.807) is 14.2 Å². The van der Waals surface area contributed by atoms with E-state index in [-0.39, 0.29) is 17.8 Å². The van der Waals surface area contributed by atoms with Crippen LogP contribution in [0.1, 0.15) is 57.3 Å². The zero-order chi connectivity index (χ0) is 37.3. The van der Waals surface area contributed by atoms with Gasteiger partial charge in [-0.25, -0.2) is 4.98 Å². The van der Waals surface area contributed by atoms with Crippen molar-refractivity contribution in [3.8, 4) is 11.5 Å². The number of ether oxygens (including phenoxy) is 3. The van der Waals surface area contributed by atoms with Crippen LogP contribution in [0.4, 0.5) is 0 Å². The first-order valence-electron chi connectivity index (χ1n) is 16.5. The lowest BCUT2D eigenvalue weighted by Gasteiger charge is -2.50. The number of nitrogens with zero attached hydrogens (tertiary/aromatic N) is 2. The van der Waals surface area contributed by atoms with Crippen molar-refractivity contribution in [1.29, 1.82) is 0 Å². The van der Waals surface area contributed by atoms with Gasteiger partial charge in [0, 0.05) is 25.3 Å². The first kappa shape index (κ1) is 40.9. The molecule has 3 aromatic rings. The number of allylic oxidation sites excluding steroid dienone is 1. The van der Waals surface area contributed by atoms with Gasteiger partial charge in [-0.3, -0.25) is 13.9 Å². The Bertz CT molecular complexity index is 1740. The van der Waals surface area contributed by atoms with E-state index >= 15 is 0 Å². The summed E-state index contributed by atoms with van der Waals surface area (Å²) in [5, 5.41) is 0. The number of benzene rings is 2. The van der Waals surface area contributed by atoms with E-state index in [4.69, 9.17) is 28.3 Å². The largest absolute Gasteiger partial charge is 0.494 e. The lowest BCUT2D eigenvalue weighted by molar-refractivity contribution is -0.176. The highest BCUT2D eigenvalue weighted by molar-refractivity contribution is 7.85. The van der Waals surface area contributed by atoms with Gasteiger partial charge in [-0.2, -0.15) is 16.8 Å². The third-order valence-electron chi connectivity index (χ3n) is 8.73. The number of hydrogen-bond acceptors (Lipinski definition) is 10. The van der Waals surface area contributed by atoms with Crippen molar-refractivity contribution >= 4 is 42.8 Å². The lowest BCUT2D eigenvalue weighted by atomic mass is 9.60. The normalized spacial score (nSPS) is 20.0. The van der Waals surface area contributed by atoms with E-state index in [9.17, 15) is 21.6 Å². The van der Waals surface area contributed by atoms with Crippen molar-refractivity contribution < 1.29 is 44.9 Å². The van der Waals surface area contributed by atoms with E-state index < -0.39 is 25.8 Å². The van der Waals surface area contributed by atoms with Crippen LogP contribution in [0.15, 0.2) is 48.5 Å². The summed E-state index contributed by atoms with van der Waals surface area (Å²) in [5.41, 5.74) is 3.98. The molecule has 1 fully saturated rings. The minimum atomic E-state index is -3.67. The Kier molecular flexibility index (Phi) is 14.4. The number of aryl methyl sites for hydroxylation is 1. The zero-order valence-corrected chi connectivity index (χ0v) is 31.5. The number of aromatic amines is 1. The first-order valence-corrected chi connectivity index (χ1v) is 20.2. The Labute approximate surface area is 295 Å². The minimum absolute atomic E-state index is 0.0828. The maximum Gasteiger partial charge on any atom is 0.308 e. The number of methoxy groups -OCH3 is 2. The van der Waals surface area contributed by atoms with Gasteiger partial charge in [0.15, 0.2) is 0 Å². The van der Waals surface area contributed by atoms with Gasteiger partial charge in [0.05, 0.1) is 32.6 Å². The molecule has 0 unspecified atom stereocenters. The average molecular weight is 738 g/mol. The zero-order valence-electron chi connectivity index (χ0n) is 29.9. The SMILES string of the molecule is COc1ccc(OC)c2[nH]c(CCCN(C)CC[C@]3(OC(=O)C(C)C)C[C@H]4CC[C@@H]3C=C4c3ccccc3)nc12.CS(=O)(=O)O.CS(=O)(=O)O. The van der Waals surface area contributed by atoms with Crippen LogP contribution in [0.5, 0.6) is 11.5 Å². The van der Waals surface area contributed by atoms with Crippen molar-refractivity contribution in [2.75, 3.05) is 46.9 Å². The molecule has 3 atom stereocenters. The van der Waals surface area contributed by atoms with Crippen molar-refractivity contribution in [2.24, 2.45) is 17.8 Å². The van der Waals surface area contributed by atoms with Crippen LogP contribution in [0, 0.1) is 17.8 Å². The molecule has 3 N–H and O–H groups in total. The van der Waals surface area contributed by atoms with Crippen molar-refractivity contribution in [2.45, 2.75) is 58.0 Å². The standard InChI is InChI=1S/C33H43N3O4.2CH4O3S/c1-22(2)32(37)40-33(21-24-13-14-25(33)20-26(24)23-10-7-6-8-11-23)17-19-36(3)18-9-12-29-34-30-27(38-4)15-16-28(39-5)31(30)35-29;2*1-5(2,3)4/h6-8,10-11,15-16,20,22,24-25H,9,12-14,17-19,21H2,1-5H3,(H,34,35);2*1H3,(H,2,3,4)/t24-,25-,33+;;/m1../s1. The molecular weight excluding hydrogens is 687 g/mol. The third-order valence-corrected chi connectivity index (χ3v) is 8.73. The molecule has 0 aliphatic heterocycles. The summed E-state index contributed by atoms with van der Waals surface area (Å²) in [4.78, 5) is 23.5. The van der Waals surface area contributed by atoms with Crippen LogP contribution in [0.2, 0.25) is 0 Å². The fourth-order valence-electron chi connectivity index (χ4n) is 6.46. The van der Waals surface area contributed by atoms with Gasteiger partial charge in [-0.15, -0.1) is 0 Å². The van der Waals surface area contributed by atoms with Crippen LogP contribution in [-0.4, -0.2) is 99.2 Å². The van der Waals surface area contributed by atoms with Crippen LogP contribution in [0.25, 0.3) is 16.6 Å². The number of aromatic nitrogens is 2. The fraction of sp³-hybridized carbons (Fsp3) is 0.543. The van der Waals surface area contributed by atoms with Gasteiger partial charge < -0.3 is 24.1 Å². The van der Waals surface area contributed by atoms with E-state index in [2.05, 4.69) is 53.3 Å². The first-order chi connectivity index (χ1) is 23.3. The quantitative estimate of drug-likeness (QED) is 0.161. The number of esters is 1. The monoisotopic (exact) mass is 737 g/mol. The number of carbonyl (C=O) groups is 1. The Morgan fingerprint density at radius 2 is 1.58 bits per heavy atom. The molecule has 50 heavy (non-hydrogen) atoms. The predicted molar refractivity (Wildman–Crippen MR) is 193 cm³/mol. The summed E-state index contributed by atoms with van der Waals surface area (Å²) in [6.07, 6.45) is 9.64. The van der Waals surface area contributed by atoms with Crippen molar-refractivity contribution in [3.63, 3.8) is 0 Å². The summed E-state index contributed by atoms with van der Waals surface area (Å²) in [6, 6.07) is 14.5. The van der Waals surface area contributed by atoms with Crippen molar-refractivity contribution in [1.82, 2.24) is 14.9 Å². The summed E-state index contributed by atoms with van der Waals surface area (Å²) in [5.74, 6) is 2.90. The number of nitrogens with one attached hydrogen (secondary N) is 1. The highest BCUT2D eigenvalue weighted by atomic mass is 32.2. The Morgan fingerprint density at radius 1 is 0.980 bits per heavy atom. The van der Waals surface area contributed by atoms with Crippen LogP contribution < -0.4 is 9.47 Å². The van der Waals surface area contributed by atoms with E-state index in [0.29, 0.717) is 18.4 Å². The van der Waals surface area contributed by atoms with Crippen LogP contribution in [0.3, 0.4) is 0 Å². The molecule has 1 heterocycles. The van der Waals surface area contributed by atoms with Gasteiger partial charge in [-0.1, -0.05) is 50.3 Å². The molecule has 3 aliphatic carbocycles. The second kappa shape index (κ2) is 17.6. The summed E-state index contributed by atoms with van der Waals surface area (Å²) in [7, 11) is -1.85. The molecule has 2 aromatic carbocycles. The number of rotatable bonds is 12.